The van der Waals surface area contributed by atoms with Gasteiger partial charge in [-0.1, -0.05) is 23.2 Å². The minimum absolute atomic E-state index is 0.370. The molecule has 1 unspecified atom stereocenters. The number of rotatable bonds is 2. The summed E-state index contributed by atoms with van der Waals surface area (Å²) in [6.07, 6.45) is 2.33. The van der Waals surface area contributed by atoms with Crippen LogP contribution in [0.4, 0.5) is 5.69 Å². The van der Waals surface area contributed by atoms with Gasteiger partial charge in [-0.05, 0) is 19.4 Å². The monoisotopic (exact) mass is 260 g/mol. The molecule has 1 fully saturated rings. The van der Waals surface area contributed by atoms with Gasteiger partial charge in [0.2, 0.25) is 0 Å². The van der Waals surface area contributed by atoms with E-state index in [2.05, 4.69) is 20.4 Å². The quantitative estimate of drug-likeness (QED) is 0.883. The number of hydrogen-bond donors (Lipinski definition) is 1. The largest absolute Gasteiger partial charge is 0.368 e. The number of piperidine rings is 1. The topological polar surface area (TPSA) is 41.1 Å². The molecular formula is C10H14Cl2N4. The van der Waals surface area contributed by atoms with Crippen molar-refractivity contribution in [3.8, 4) is 0 Å². The van der Waals surface area contributed by atoms with Crippen molar-refractivity contribution in [2.75, 3.05) is 25.0 Å². The van der Waals surface area contributed by atoms with Gasteiger partial charge in [0.05, 0.1) is 5.69 Å². The van der Waals surface area contributed by atoms with Gasteiger partial charge in [-0.25, -0.2) is 0 Å². The maximum atomic E-state index is 6.02. The number of anilines is 1. The molecule has 1 atom stereocenters. The first-order valence-electron chi connectivity index (χ1n) is 5.31. The summed E-state index contributed by atoms with van der Waals surface area (Å²) in [6.45, 7) is 2.06. The molecule has 6 heteroatoms. The van der Waals surface area contributed by atoms with Gasteiger partial charge in [0.1, 0.15) is 0 Å². The Morgan fingerprint density at radius 3 is 2.94 bits per heavy atom. The molecule has 0 bridgehead atoms. The Kier molecular flexibility index (Phi) is 3.84. The highest BCUT2D eigenvalue weighted by Gasteiger charge is 2.20. The first-order chi connectivity index (χ1) is 7.68. The van der Waals surface area contributed by atoms with E-state index in [1.54, 1.807) is 6.07 Å². The molecule has 2 heterocycles. The van der Waals surface area contributed by atoms with Crippen LogP contribution in [0.1, 0.15) is 12.8 Å². The van der Waals surface area contributed by atoms with Crippen LogP contribution in [0.3, 0.4) is 0 Å². The van der Waals surface area contributed by atoms with Gasteiger partial charge >= 0.3 is 0 Å². The average molecular weight is 261 g/mol. The number of likely N-dealkylation sites (N-methyl/N-ethyl adjacent to an activating group) is 1. The summed E-state index contributed by atoms with van der Waals surface area (Å²) in [4.78, 5) is 2.12. The zero-order valence-electron chi connectivity index (χ0n) is 9.08. The molecule has 0 radical (unpaired) electrons. The van der Waals surface area contributed by atoms with E-state index in [0.717, 1.165) is 25.2 Å². The van der Waals surface area contributed by atoms with Gasteiger partial charge in [0.25, 0.3) is 0 Å². The van der Waals surface area contributed by atoms with Crippen LogP contribution in [0.2, 0.25) is 10.3 Å². The predicted octanol–water partition coefficient (Wildman–Crippen LogP) is 1.97. The molecular weight excluding hydrogens is 247 g/mol. The fourth-order valence-electron chi connectivity index (χ4n) is 1.95. The molecule has 16 heavy (non-hydrogen) atoms. The number of aromatic nitrogens is 2. The Balaban J connectivity index is 2.18. The third-order valence-electron chi connectivity index (χ3n) is 2.90. The van der Waals surface area contributed by atoms with E-state index in [1.807, 2.05) is 7.05 Å². The van der Waals surface area contributed by atoms with Crippen LogP contribution in [0, 0.1) is 0 Å². The molecule has 0 amide bonds. The molecule has 4 nitrogen and oxygen atoms in total. The predicted molar refractivity (Wildman–Crippen MR) is 66.3 cm³/mol. The molecule has 88 valence electrons. The van der Waals surface area contributed by atoms with Crippen LogP contribution in [0.25, 0.3) is 0 Å². The lowest BCUT2D eigenvalue weighted by Gasteiger charge is -2.33. The maximum Gasteiger partial charge on any atom is 0.175 e. The fraction of sp³-hybridized carbons (Fsp3) is 0.600. The smallest absolute Gasteiger partial charge is 0.175 e. The van der Waals surface area contributed by atoms with Crippen molar-refractivity contribution in [2.24, 2.45) is 0 Å². The second kappa shape index (κ2) is 5.17. The number of hydrogen-bond acceptors (Lipinski definition) is 4. The van der Waals surface area contributed by atoms with Crippen molar-refractivity contribution < 1.29 is 0 Å². The summed E-state index contributed by atoms with van der Waals surface area (Å²) in [5.74, 6) is 0. The summed E-state index contributed by atoms with van der Waals surface area (Å²) in [6, 6.07) is 2.19. The first-order valence-corrected chi connectivity index (χ1v) is 6.06. The van der Waals surface area contributed by atoms with E-state index in [1.165, 1.54) is 6.42 Å². The molecule has 0 spiro atoms. The highest BCUT2D eigenvalue weighted by atomic mass is 35.5. The highest BCUT2D eigenvalue weighted by Crippen LogP contribution is 2.27. The number of nitrogens with one attached hydrogen (secondary N) is 1. The van der Waals surface area contributed by atoms with E-state index in [0.29, 0.717) is 16.3 Å². The van der Waals surface area contributed by atoms with Crippen molar-refractivity contribution in [1.82, 2.24) is 15.5 Å². The SMILES string of the molecule is CN(c1cc(Cl)nnc1Cl)C1CCCNC1. The van der Waals surface area contributed by atoms with Gasteiger partial charge in [0, 0.05) is 25.7 Å². The van der Waals surface area contributed by atoms with Crippen LogP contribution in [0.5, 0.6) is 0 Å². The van der Waals surface area contributed by atoms with Gasteiger partial charge in [-0.15, -0.1) is 10.2 Å². The van der Waals surface area contributed by atoms with E-state index >= 15 is 0 Å². The summed E-state index contributed by atoms with van der Waals surface area (Å²) in [5, 5.41) is 11.7. The molecule has 1 saturated heterocycles. The van der Waals surface area contributed by atoms with Crippen molar-refractivity contribution in [3.63, 3.8) is 0 Å². The average Bonchev–Trinajstić information content (AvgIpc) is 2.32. The molecule has 0 saturated carbocycles. The summed E-state index contributed by atoms with van der Waals surface area (Å²) >= 11 is 11.8. The Morgan fingerprint density at radius 2 is 2.25 bits per heavy atom. The summed E-state index contributed by atoms with van der Waals surface area (Å²) in [7, 11) is 2.01. The van der Waals surface area contributed by atoms with Gasteiger partial charge in [0.15, 0.2) is 10.3 Å². The molecule has 1 aromatic heterocycles. The molecule has 1 aliphatic heterocycles. The number of nitrogens with zero attached hydrogens (tertiary/aromatic N) is 3. The fourth-order valence-corrected chi connectivity index (χ4v) is 2.32. The minimum atomic E-state index is 0.370. The summed E-state index contributed by atoms with van der Waals surface area (Å²) < 4.78 is 0. The van der Waals surface area contributed by atoms with Crippen molar-refractivity contribution in [1.29, 1.82) is 0 Å². The number of halogens is 2. The maximum absolute atomic E-state index is 6.02. The second-order valence-corrected chi connectivity index (χ2v) is 4.70. The minimum Gasteiger partial charge on any atom is -0.368 e. The Bertz CT molecular complexity index is 366. The van der Waals surface area contributed by atoms with Crippen molar-refractivity contribution in [3.05, 3.63) is 16.4 Å². The lowest BCUT2D eigenvalue weighted by Crippen LogP contribution is -2.44. The van der Waals surface area contributed by atoms with Crippen LogP contribution >= 0.6 is 23.2 Å². The zero-order valence-corrected chi connectivity index (χ0v) is 10.6. The molecule has 2 rings (SSSR count). The highest BCUT2D eigenvalue weighted by molar-refractivity contribution is 6.33. The van der Waals surface area contributed by atoms with E-state index in [-0.39, 0.29) is 0 Å². The summed E-state index contributed by atoms with van der Waals surface area (Å²) in [5.41, 5.74) is 0.843. The first kappa shape index (κ1) is 11.9. The van der Waals surface area contributed by atoms with Crippen LogP contribution in [-0.2, 0) is 0 Å². The molecule has 0 aromatic carbocycles. The third-order valence-corrected chi connectivity index (χ3v) is 3.35. The molecule has 1 aliphatic rings. The zero-order chi connectivity index (χ0) is 11.5. The Hall–Kier alpha value is -0.580. The second-order valence-electron chi connectivity index (χ2n) is 3.95. The molecule has 0 aliphatic carbocycles. The molecule has 1 aromatic rings. The Labute approximate surface area is 105 Å². The lowest BCUT2D eigenvalue weighted by atomic mass is 10.1. The lowest BCUT2D eigenvalue weighted by molar-refractivity contribution is 0.445. The standard InChI is InChI=1S/C10H14Cl2N4/c1-16(7-3-2-4-13-6-7)8-5-9(11)14-15-10(8)12/h5,7,13H,2-4,6H2,1H3. The Morgan fingerprint density at radius 1 is 1.44 bits per heavy atom. The van der Waals surface area contributed by atoms with Gasteiger partial charge in [-0.3, -0.25) is 0 Å². The van der Waals surface area contributed by atoms with E-state index < -0.39 is 0 Å². The van der Waals surface area contributed by atoms with Crippen molar-refractivity contribution >= 4 is 28.9 Å². The van der Waals surface area contributed by atoms with E-state index in [4.69, 9.17) is 23.2 Å². The van der Waals surface area contributed by atoms with Gasteiger partial charge < -0.3 is 10.2 Å². The van der Waals surface area contributed by atoms with Crippen LogP contribution in [0.15, 0.2) is 6.07 Å². The van der Waals surface area contributed by atoms with Crippen LogP contribution in [-0.4, -0.2) is 36.4 Å². The van der Waals surface area contributed by atoms with E-state index in [9.17, 15) is 0 Å². The third kappa shape index (κ3) is 2.56. The van der Waals surface area contributed by atoms with Crippen molar-refractivity contribution in [2.45, 2.75) is 18.9 Å². The van der Waals surface area contributed by atoms with Gasteiger partial charge in [-0.2, -0.15) is 0 Å². The molecule has 1 N–H and O–H groups in total. The normalized spacial score (nSPS) is 20.8. The van der Waals surface area contributed by atoms with Crippen LogP contribution < -0.4 is 10.2 Å².